The molecule has 0 saturated carbocycles. The van der Waals surface area contributed by atoms with E-state index in [4.69, 9.17) is 4.74 Å². The average Bonchev–Trinajstić information content (AvgIpc) is 3.07. The minimum atomic E-state index is -0.271. The SMILES string of the molecule is CC(=O)Nc1ccc(NC(=O)c2ccccc2OCc2csc(C)n2)cc1. The van der Waals surface area contributed by atoms with E-state index in [1.807, 2.05) is 18.4 Å². The molecule has 6 nitrogen and oxygen atoms in total. The molecular weight excluding hydrogens is 362 g/mol. The Kier molecular flexibility index (Phi) is 5.83. The van der Waals surface area contributed by atoms with Crippen molar-refractivity contribution < 1.29 is 14.3 Å². The molecule has 1 heterocycles. The molecule has 3 aromatic rings. The minimum absolute atomic E-state index is 0.145. The largest absolute Gasteiger partial charge is 0.486 e. The lowest BCUT2D eigenvalue weighted by molar-refractivity contribution is -0.114. The highest BCUT2D eigenvalue weighted by molar-refractivity contribution is 7.09. The molecule has 0 radical (unpaired) electrons. The lowest BCUT2D eigenvalue weighted by Crippen LogP contribution is -2.14. The van der Waals surface area contributed by atoms with Crippen molar-refractivity contribution in [3.63, 3.8) is 0 Å². The predicted octanol–water partition coefficient (Wildman–Crippen LogP) is 4.24. The summed E-state index contributed by atoms with van der Waals surface area (Å²) in [6, 6.07) is 14.0. The number of carbonyl (C=O) groups excluding carboxylic acids is 2. The summed E-state index contributed by atoms with van der Waals surface area (Å²) in [4.78, 5) is 28.1. The van der Waals surface area contributed by atoms with Crippen LogP contribution in [-0.2, 0) is 11.4 Å². The molecule has 0 unspecified atom stereocenters. The smallest absolute Gasteiger partial charge is 0.259 e. The molecule has 0 saturated heterocycles. The van der Waals surface area contributed by atoms with Gasteiger partial charge in [-0.1, -0.05) is 12.1 Å². The third-order valence-electron chi connectivity index (χ3n) is 3.64. The molecule has 1 aromatic heterocycles. The van der Waals surface area contributed by atoms with Gasteiger partial charge in [0, 0.05) is 23.7 Å². The van der Waals surface area contributed by atoms with Crippen molar-refractivity contribution in [1.82, 2.24) is 4.98 Å². The number of thiazole rings is 1. The molecule has 2 aromatic carbocycles. The number of aromatic nitrogens is 1. The molecule has 138 valence electrons. The molecule has 0 aliphatic heterocycles. The fourth-order valence-electron chi connectivity index (χ4n) is 2.44. The normalized spacial score (nSPS) is 10.3. The van der Waals surface area contributed by atoms with Gasteiger partial charge in [-0.25, -0.2) is 4.98 Å². The molecule has 2 N–H and O–H groups in total. The van der Waals surface area contributed by atoms with E-state index in [2.05, 4.69) is 15.6 Å². The van der Waals surface area contributed by atoms with Crippen molar-refractivity contribution in [1.29, 1.82) is 0 Å². The fraction of sp³-hybridized carbons (Fsp3) is 0.150. The van der Waals surface area contributed by atoms with Gasteiger partial charge in [0.1, 0.15) is 12.4 Å². The van der Waals surface area contributed by atoms with Crippen LogP contribution >= 0.6 is 11.3 Å². The molecule has 0 fully saturated rings. The molecule has 7 heteroatoms. The first-order valence-corrected chi connectivity index (χ1v) is 9.21. The molecule has 2 amide bonds. The van der Waals surface area contributed by atoms with Gasteiger partial charge in [0.05, 0.1) is 16.3 Å². The number of rotatable bonds is 6. The molecule has 3 rings (SSSR count). The molecule has 0 spiro atoms. The number of benzene rings is 2. The van der Waals surface area contributed by atoms with Gasteiger partial charge in [-0.2, -0.15) is 0 Å². The number of hydrogen-bond donors (Lipinski definition) is 2. The standard InChI is InChI=1S/C20H19N3O3S/c1-13(24)21-15-7-9-16(10-8-15)23-20(25)18-5-3-4-6-19(18)26-11-17-12-27-14(2)22-17/h3-10,12H,11H2,1-2H3,(H,21,24)(H,23,25). The molecule has 27 heavy (non-hydrogen) atoms. The van der Waals surface area contributed by atoms with Crippen LogP contribution in [-0.4, -0.2) is 16.8 Å². The number of hydrogen-bond acceptors (Lipinski definition) is 5. The summed E-state index contributed by atoms with van der Waals surface area (Å²) < 4.78 is 5.79. The van der Waals surface area contributed by atoms with Crippen LogP contribution < -0.4 is 15.4 Å². The fourth-order valence-corrected chi connectivity index (χ4v) is 3.04. The van der Waals surface area contributed by atoms with E-state index < -0.39 is 0 Å². The van der Waals surface area contributed by atoms with Crippen molar-refractivity contribution >= 4 is 34.5 Å². The van der Waals surface area contributed by atoms with E-state index in [1.54, 1.807) is 53.8 Å². The summed E-state index contributed by atoms with van der Waals surface area (Å²) in [5.74, 6) is 0.0797. The Morgan fingerprint density at radius 2 is 1.70 bits per heavy atom. The van der Waals surface area contributed by atoms with Crippen molar-refractivity contribution in [3.05, 3.63) is 70.2 Å². The van der Waals surface area contributed by atoms with E-state index in [9.17, 15) is 9.59 Å². The average molecular weight is 381 g/mol. The second kappa shape index (κ2) is 8.46. The van der Waals surface area contributed by atoms with E-state index in [0.717, 1.165) is 10.7 Å². The Labute approximate surface area is 161 Å². The van der Waals surface area contributed by atoms with Crippen LogP contribution in [0.25, 0.3) is 0 Å². The second-order valence-electron chi connectivity index (χ2n) is 5.86. The van der Waals surface area contributed by atoms with Gasteiger partial charge in [0.15, 0.2) is 0 Å². The number of nitrogens with zero attached hydrogens (tertiary/aromatic N) is 1. The van der Waals surface area contributed by atoms with E-state index in [-0.39, 0.29) is 11.8 Å². The minimum Gasteiger partial charge on any atom is -0.486 e. The van der Waals surface area contributed by atoms with Gasteiger partial charge in [-0.05, 0) is 43.3 Å². The molecule has 0 atom stereocenters. The van der Waals surface area contributed by atoms with Crippen LogP contribution in [0.2, 0.25) is 0 Å². The highest BCUT2D eigenvalue weighted by atomic mass is 32.1. The van der Waals surface area contributed by atoms with Crippen LogP contribution in [0.4, 0.5) is 11.4 Å². The Hall–Kier alpha value is -3.19. The van der Waals surface area contributed by atoms with Gasteiger partial charge in [0.2, 0.25) is 5.91 Å². The third kappa shape index (κ3) is 5.15. The topological polar surface area (TPSA) is 80.3 Å². The Morgan fingerprint density at radius 3 is 2.33 bits per heavy atom. The number of aryl methyl sites for hydroxylation is 1. The zero-order valence-corrected chi connectivity index (χ0v) is 15.8. The van der Waals surface area contributed by atoms with Crippen molar-refractivity contribution in [2.24, 2.45) is 0 Å². The Morgan fingerprint density at radius 1 is 1.04 bits per heavy atom. The second-order valence-corrected chi connectivity index (χ2v) is 6.92. The maximum absolute atomic E-state index is 12.6. The summed E-state index contributed by atoms with van der Waals surface area (Å²) in [6.45, 7) is 3.69. The maximum Gasteiger partial charge on any atom is 0.259 e. The molecule has 0 aliphatic rings. The van der Waals surface area contributed by atoms with Gasteiger partial charge >= 0.3 is 0 Å². The zero-order chi connectivity index (χ0) is 19.2. The maximum atomic E-state index is 12.6. The summed E-state index contributed by atoms with van der Waals surface area (Å²) in [5, 5.41) is 8.43. The Bertz CT molecular complexity index is 951. The zero-order valence-electron chi connectivity index (χ0n) is 15.0. The number of nitrogens with one attached hydrogen (secondary N) is 2. The number of para-hydroxylation sites is 1. The summed E-state index contributed by atoms with van der Waals surface area (Å²) in [5.41, 5.74) is 2.57. The van der Waals surface area contributed by atoms with Crippen LogP contribution in [0.1, 0.15) is 28.0 Å². The van der Waals surface area contributed by atoms with E-state index in [0.29, 0.717) is 29.3 Å². The summed E-state index contributed by atoms with van der Waals surface area (Å²) in [6.07, 6.45) is 0. The first-order valence-electron chi connectivity index (χ1n) is 8.33. The van der Waals surface area contributed by atoms with E-state index in [1.165, 1.54) is 6.92 Å². The van der Waals surface area contributed by atoms with Gasteiger partial charge in [0.25, 0.3) is 5.91 Å². The predicted molar refractivity (Wildman–Crippen MR) is 106 cm³/mol. The lowest BCUT2D eigenvalue weighted by Gasteiger charge is -2.11. The molecular formula is C20H19N3O3S. The van der Waals surface area contributed by atoms with Crippen LogP contribution in [0.5, 0.6) is 5.75 Å². The quantitative estimate of drug-likeness (QED) is 0.669. The monoisotopic (exact) mass is 381 g/mol. The van der Waals surface area contributed by atoms with Gasteiger partial charge < -0.3 is 15.4 Å². The first kappa shape index (κ1) is 18.6. The summed E-state index contributed by atoms with van der Waals surface area (Å²) in [7, 11) is 0. The van der Waals surface area contributed by atoms with Crippen LogP contribution in [0.3, 0.4) is 0 Å². The van der Waals surface area contributed by atoms with E-state index >= 15 is 0 Å². The molecule has 0 aliphatic carbocycles. The first-order chi connectivity index (χ1) is 13.0. The Balaban J connectivity index is 1.68. The van der Waals surface area contributed by atoms with Crippen molar-refractivity contribution in [3.8, 4) is 5.75 Å². The number of carbonyl (C=O) groups is 2. The highest BCUT2D eigenvalue weighted by Crippen LogP contribution is 2.22. The van der Waals surface area contributed by atoms with Crippen molar-refractivity contribution in [2.45, 2.75) is 20.5 Å². The third-order valence-corrected chi connectivity index (χ3v) is 4.46. The number of amides is 2. The molecule has 0 bridgehead atoms. The summed E-state index contributed by atoms with van der Waals surface area (Å²) >= 11 is 1.56. The van der Waals surface area contributed by atoms with Crippen molar-refractivity contribution in [2.75, 3.05) is 10.6 Å². The van der Waals surface area contributed by atoms with Gasteiger partial charge in [-0.3, -0.25) is 9.59 Å². The van der Waals surface area contributed by atoms with Crippen LogP contribution in [0, 0.1) is 6.92 Å². The number of ether oxygens (including phenoxy) is 1. The lowest BCUT2D eigenvalue weighted by atomic mass is 10.1. The highest BCUT2D eigenvalue weighted by Gasteiger charge is 2.13. The number of anilines is 2. The van der Waals surface area contributed by atoms with Gasteiger partial charge in [-0.15, -0.1) is 11.3 Å². The van der Waals surface area contributed by atoms with Crippen LogP contribution in [0.15, 0.2) is 53.9 Å².